The van der Waals surface area contributed by atoms with Crippen molar-refractivity contribution in [1.29, 1.82) is 0 Å². The van der Waals surface area contributed by atoms with Crippen LogP contribution in [0, 0.1) is 0 Å². The van der Waals surface area contributed by atoms with E-state index in [0.29, 0.717) is 28.4 Å². The minimum absolute atomic E-state index is 0.0601. The molecule has 0 N–H and O–H groups in total. The van der Waals surface area contributed by atoms with Crippen LogP contribution in [0.25, 0.3) is 0 Å². The predicted molar refractivity (Wildman–Crippen MR) is 142 cm³/mol. The van der Waals surface area contributed by atoms with Crippen molar-refractivity contribution >= 4 is 34.6 Å². The Kier molecular flexibility index (Phi) is 6.48. The molecule has 0 radical (unpaired) electrons. The summed E-state index contributed by atoms with van der Waals surface area (Å²) in [5.74, 6) is -0.700. The minimum atomic E-state index is -0.784. The Morgan fingerprint density at radius 1 is 0.944 bits per heavy atom. The van der Waals surface area contributed by atoms with Crippen molar-refractivity contribution in [2.24, 2.45) is 7.05 Å². The molecular weight excluding hydrogens is 470 g/mol. The lowest BCUT2D eigenvalue weighted by Crippen LogP contribution is -2.52. The molecule has 3 aromatic carbocycles. The molecule has 1 aliphatic rings. The molecule has 6 nitrogen and oxygen atoms in total. The van der Waals surface area contributed by atoms with Gasteiger partial charge in [-0.15, -0.1) is 0 Å². The van der Waals surface area contributed by atoms with Crippen molar-refractivity contribution in [3.05, 3.63) is 119 Å². The van der Waals surface area contributed by atoms with Gasteiger partial charge in [-0.25, -0.2) is 0 Å². The summed E-state index contributed by atoms with van der Waals surface area (Å²) >= 11 is 5.16. The average molecular weight is 496 g/mol. The Hall–Kier alpha value is -4.10. The number of anilines is 1. The zero-order chi connectivity index (χ0) is 25.2. The summed E-state index contributed by atoms with van der Waals surface area (Å²) in [5, 5.41) is 4.52. The number of nitrogens with zero attached hydrogens (tertiary/aromatic N) is 3. The van der Waals surface area contributed by atoms with E-state index in [4.69, 9.17) is 17.0 Å². The summed E-state index contributed by atoms with van der Waals surface area (Å²) in [7, 11) is 1.81. The van der Waals surface area contributed by atoms with Crippen LogP contribution >= 0.6 is 12.2 Å². The highest BCUT2D eigenvalue weighted by Gasteiger charge is 2.36. The normalized spacial score (nSPS) is 14.0. The fourth-order valence-corrected chi connectivity index (χ4v) is 4.87. The summed E-state index contributed by atoms with van der Waals surface area (Å²) < 4.78 is 7.48. The highest BCUT2D eigenvalue weighted by atomic mass is 32.1. The van der Waals surface area contributed by atoms with Gasteiger partial charge in [0.2, 0.25) is 0 Å². The lowest BCUT2D eigenvalue weighted by Gasteiger charge is -2.34. The van der Waals surface area contributed by atoms with Gasteiger partial charge in [-0.05, 0) is 34.9 Å². The fourth-order valence-electron chi connectivity index (χ4n) is 4.64. The molecule has 2 heterocycles. The van der Waals surface area contributed by atoms with Crippen molar-refractivity contribution < 1.29 is 14.3 Å². The smallest absolute Gasteiger partial charge is 0.303 e. The first-order chi connectivity index (χ1) is 17.4. The number of esters is 1. The number of benzene rings is 3. The number of aromatic nitrogens is 2. The molecule has 36 heavy (non-hydrogen) atoms. The Balaban J connectivity index is 1.70. The predicted octanol–water partition coefficient (Wildman–Crippen LogP) is 4.97. The van der Waals surface area contributed by atoms with E-state index in [1.807, 2.05) is 67.7 Å². The number of hydrogen-bond donors (Lipinski definition) is 0. The third-order valence-electron chi connectivity index (χ3n) is 6.30. The number of ether oxygens (including phenoxy) is 1. The molecule has 1 atom stereocenters. The molecule has 0 spiro atoms. The van der Waals surface area contributed by atoms with E-state index in [2.05, 4.69) is 29.4 Å². The number of thiocarbonyl (C=S) groups is 1. The van der Waals surface area contributed by atoms with Crippen LogP contribution in [0.2, 0.25) is 0 Å². The summed E-state index contributed by atoms with van der Waals surface area (Å²) in [5.41, 5.74) is 5.20. The van der Waals surface area contributed by atoms with Gasteiger partial charge < -0.3 is 9.64 Å². The van der Waals surface area contributed by atoms with Gasteiger partial charge in [0.05, 0.1) is 12.2 Å². The number of β-lactam (4-membered cyclic amide) rings is 1. The lowest BCUT2D eigenvalue weighted by atomic mass is 9.83. The van der Waals surface area contributed by atoms with Crippen molar-refractivity contribution in [1.82, 2.24) is 9.78 Å². The van der Waals surface area contributed by atoms with Gasteiger partial charge >= 0.3 is 5.97 Å². The Morgan fingerprint density at radius 3 is 2.08 bits per heavy atom. The number of rotatable bonds is 7. The number of carbonyl (C=O) groups is 2. The maximum absolute atomic E-state index is 12.6. The minimum Gasteiger partial charge on any atom is -0.451 e. The first-order valence-corrected chi connectivity index (χ1v) is 12.1. The van der Waals surface area contributed by atoms with Gasteiger partial charge in [-0.3, -0.25) is 14.3 Å². The van der Waals surface area contributed by atoms with Crippen LogP contribution in [0.3, 0.4) is 0 Å². The largest absolute Gasteiger partial charge is 0.451 e. The van der Waals surface area contributed by atoms with Crippen molar-refractivity contribution in [3.8, 4) is 0 Å². The van der Waals surface area contributed by atoms with E-state index in [-0.39, 0.29) is 11.8 Å². The molecule has 1 amide bonds. The molecule has 1 aliphatic heterocycles. The van der Waals surface area contributed by atoms with Gasteiger partial charge in [0, 0.05) is 31.6 Å². The van der Waals surface area contributed by atoms with E-state index in [9.17, 15) is 9.59 Å². The highest BCUT2D eigenvalue weighted by molar-refractivity contribution is 7.82. The standard InChI is InChI=1S/C29H25N3O3S/c1-19(33)35-28(24-15-16-31(2)30-24)23-17-22(13-14-25(23)32-18-26(36)29(32)34)27(20-9-5-3-6-10-20)21-11-7-4-8-12-21/h3-17,27-28H,18H2,1-2H3. The summed E-state index contributed by atoms with van der Waals surface area (Å²) in [6.45, 7) is 1.73. The van der Waals surface area contributed by atoms with Crippen LogP contribution in [-0.4, -0.2) is 33.1 Å². The van der Waals surface area contributed by atoms with Crippen LogP contribution in [0.15, 0.2) is 91.1 Å². The average Bonchev–Trinajstić information content (AvgIpc) is 3.33. The highest BCUT2D eigenvalue weighted by Crippen LogP contribution is 2.40. The van der Waals surface area contributed by atoms with E-state index in [0.717, 1.165) is 16.7 Å². The molecule has 0 saturated carbocycles. The summed E-state index contributed by atoms with van der Waals surface area (Å²) in [4.78, 5) is 26.8. The first-order valence-electron chi connectivity index (χ1n) is 11.7. The molecule has 1 fully saturated rings. The number of aryl methyl sites for hydroxylation is 1. The van der Waals surface area contributed by atoms with Gasteiger partial charge in [0.1, 0.15) is 10.6 Å². The maximum Gasteiger partial charge on any atom is 0.303 e. The van der Waals surface area contributed by atoms with Crippen molar-refractivity contribution in [3.63, 3.8) is 0 Å². The molecule has 0 bridgehead atoms. The van der Waals surface area contributed by atoms with Crippen LogP contribution in [0.1, 0.15) is 46.9 Å². The second-order valence-electron chi connectivity index (χ2n) is 8.79. The lowest BCUT2D eigenvalue weighted by molar-refractivity contribution is -0.144. The van der Waals surface area contributed by atoms with Crippen LogP contribution < -0.4 is 4.90 Å². The van der Waals surface area contributed by atoms with E-state index >= 15 is 0 Å². The van der Waals surface area contributed by atoms with Crippen LogP contribution in [-0.2, 0) is 21.4 Å². The second kappa shape index (κ2) is 9.87. The molecule has 5 rings (SSSR count). The molecule has 1 aromatic heterocycles. The molecular formula is C29H25N3O3S. The van der Waals surface area contributed by atoms with E-state index in [1.54, 1.807) is 15.8 Å². The molecule has 7 heteroatoms. The number of hydrogen-bond acceptors (Lipinski definition) is 5. The zero-order valence-corrected chi connectivity index (χ0v) is 20.8. The van der Waals surface area contributed by atoms with E-state index in [1.165, 1.54) is 6.92 Å². The van der Waals surface area contributed by atoms with E-state index < -0.39 is 12.1 Å². The monoisotopic (exact) mass is 495 g/mol. The number of carbonyl (C=O) groups excluding carboxylic acids is 2. The quantitative estimate of drug-likeness (QED) is 0.157. The van der Waals surface area contributed by atoms with Crippen molar-refractivity contribution in [2.45, 2.75) is 18.9 Å². The third-order valence-corrected chi connectivity index (χ3v) is 6.60. The maximum atomic E-state index is 12.6. The van der Waals surface area contributed by atoms with Gasteiger partial charge in [0.25, 0.3) is 5.91 Å². The first kappa shape index (κ1) is 23.6. The summed E-state index contributed by atoms with van der Waals surface area (Å²) in [6.07, 6.45) is 1.02. The zero-order valence-electron chi connectivity index (χ0n) is 20.0. The van der Waals surface area contributed by atoms with Crippen molar-refractivity contribution in [2.75, 3.05) is 11.4 Å². The van der Waals surface area contributed by atoms with Crippen LogP contribution in [0.5, 0.6) is 0 Å². The molecule has 4 aromatic rings. The Labute approximate surface area is 215 Å². The molecule has 1 saturated heterocycles. The molecule has 0 aliphatic carbocycles. The van der Waals surface area contributed by atoms with Gasteiger partial charge in [0.15, 0.2) is 6.10 Å². The third kappa shape index (κ3) is 4.57. The second-order valence-corrected chi connectivity index (χ2v) is 9.28. The Bertz CT molecular complexity index is 1390. The molecule has 1 unspecified atom stereocenters. The van der Waals surface area contributed by atoms with Crippen LogP contribution in [0.4, 0.5) is 5.69 Å². The summed E-state index contributed by atoms with van der Waals surface area (Å²) in [6, 6.07) is 28.3. The Morgan fingerprint density at radius 2 is 1.58 bits per heavy atom. The SMILES string of the molecule is CC(=O)OC(c1ccn(C)n1)c1cc(C(c2ccccc2)c2ccccc2)ccc1N1CC(=S)C1=O. The fraction of sp³-hybridized carbons (Fsp3) is 0.172. The van der Waals surface area contributed by atoms with Gasteiger partial charge in [-0.1, -0.05) is 78.9 Å². The topological polar surface area (TPSA) is 64.4 Å². The number of amides is 1. The molecule has 180 valence electrons. The van der Waals surface area contributed by atoms with Gasteiger partial charge in [-0.2, -0.15) is 5.10 Å².